The topological polar surface area (TPSA) is 91.2 Å². The Morgan fingerprint density at radius 3 is 2.00 bits per heavy atom. The summed E-state index contributed by atoms with van der Waals surface area (Å²) in [5.41, 5.74) is 2.47. The van der Waals surface area contributed by atoms with Crippen LogP contribution in [0.3, 0.4) is 0 Å². The Kier molecular flexibility index (Phi) is 5.31. The summed E-state index contributed by atoms with van der Waals surface area (Å²) >= 11 is 0. The maximum absolute atomic E-state index is 11.9. The minimum Gasteiger partial charge on any atom is -0.465 e. The fourth-order valence-corrected chi connectivity index (χ4v) is 1.90. The van der Waals surface area contributed by atoms with Crippen LogP contribution in [-0.4, -0.2) is 19.1 Å². The fourth-order valence-electron chi connectivity index (χ4n) is 1.90. The minimum atomic E-state index is -0.432. The van der Waals surface area contributed by atoms with Crippen LogP contribution in [0.15, 0.2) is 48.5 Å². The molecule has 0 saturated carbocycles. The Hall–Kier alpha value is -3.33. The van der Waals surface area contributed by atoms with Crippen molar-refractivity contribution in [2.75, 3.05) is 17.7 Å². The Bertz CT molecular complexity index is 731. The number of hydrogen-bond donors (Lipinski definition) is 2. The molecule has 0 saturated heterocycles. The molecule has 0 atom stereocenters. The second-order valence-corrected chi connectivity index (χ2v) is 4.68. The molecule has 2 aromatic carbocycles. The predicted octanol–water partition coefficient (Wildman–Crippen LogP) is 3.18. The zero-order chi connectivity index (χ0) is 16.7. The summed E-state index contributed by atoms with van der Waals surface area (Å²) < 4.78 is 4.60. The summed E-state index contributed by atoms with van der Waals surface area (Å²) in [6.07, 6.45) is 0.332. The number of nitriles is 1. The van der Waals surface area contributed by atoms with Crippen LogP contribution in [0.25, 0.3) is 0 Å². The first kappa shape index (κ1) is 16.0. The molecule has 6 nitrogen and oxygen atoms in total. The van der Waals surface area contributed by atoms with E-state index in [2.05, 4.69) is 21.4 Å². The van der Waals surface area contributed by atoms with E-state index < -0.39 is 12.0 Å². The zero-order valence-electron chi connectivity index (χ0n) is 12.5. The first-order valence-corrected chi connectivity index (χ1v) is 6.84. The van der Waals surface area contributed by atoms with Crippen molar-refractivity contribution in [3.05, 3.63) is 59.7 Å². The first-order valence-electron chi connectivity index (χ1n) is 6.84. The van der Waals surface area contributed by atoms with Gasteiger partial charge >= 0.3 is 12.0 Å². The Morgan fingerprint density at radius 2 is 1.52 bits per heavy atom. The molecule has 116 valence electrons. The van der Waals surface area contributed by atoms with Gasteiger partial charge in [0.1, 0.15) is 0 Å². The molecule has 2 aromatic rings. The monoisotopic (exact) mass is 309 g/mol. The summed E-state index contributed by atoms with van der Waals surface area (Å²) in [6.45, 7) is 0. The number of rotatable bonds is 4. The van der Waals surface area contributed by atoms with Gasteiger partial charge < -0.3 is 15.4 Å². The molecule has 0 aromatic heterocycles. The van der Waals surface area contributed by atoms with Gasteiger partial charge in [-0.15, -0.1) is 0 Å². The maximum Gasteiger partial charge on any atom is 0.337 e. The molecule has 0 fully saturated rings. The van der Waals surface area contributed by atoms with Gasteiger partial charge in [-0.1, -0.05) is 12.1 Å². The summed E-state index contributed by atoms with van der Waals surface area (Å²) in [4.78, 5) is 23.2. The van der Waals surface area contributed by atoms with Crippen LogP contribution in [0.4, 0.5) is 16.2 Å². The van der Waals surface area contributed by atoms with Gasteiger partial charge in [-0.25, -0.2) is 9.59 Å². The van der Waals surface area contributed by atoms with Gasteiger partial charge in [-0.05, 0) is 42.0 Å². The van der Waals surface area contributed by atoms with E-state index in [0.717, 1.165) is 5.56 Å². The van der Waals surface area contributed by atoms with Gasteiger partial charge in [0.05, 0.1) is 25.2 Å². The average molecular weight is 309 g/mol. The molecular weight excluding hydrogens is 294 g/mol. The van der Waals surface area contributed by atoms with Crippen molar-refractivity contribution in [2.45, 2.75) is 6.42 Å². The maximum atomic E-state index is 11.9. The number of amides is 2. The van der Waals surface area contributed by atoms with Gasteiger partial charge in [0.15, 0.2) is 0 Å². The number of nitrogens with zero attached hydrogens (tertiary/aromatic N) is 1. The van der Waals surface area contributed by atoms with Crippen LogP contribution < -0.4 is 10.6 Å². The first-order chi connectivity index (χ1) is 11.1. The van der Waals surface area contributed by atoms with Gasteiger partial charge in [-0.2, -0.15) is 5.26 Å². The van der Waals surface area contributed by atoms with E-state index in [1.807, 2.05) is 0 Å². The van der Waals surface area contributed by atoms with Gasteiger partial charge in [-0.3, -0.25) is 0 Å². The van der Waals surface area contributed by atoms with E-state index in [4.69, 9.17) is 5.26 Å². The lowest BCUT2D eigenvalue weighted by Crippen LogP contribution is -2.19. The second kappa shape index (κ2) is 7.61. The van der Waals surface area contributed by atoms with E-state index in [1.54, 1.807) is 48.5 Å². The van der Waals surface area contributed by atoms with E-state index in [-0.39, 0.29) is 0 Å². The normalized spacial score (nSPS) is 9.57. The van der Waals surface area contributed by atoms with Crippen molar-refractivity contribution in [3.8, 4) is 6.07 Å². The molecule has 0 bridgehead atoms. The van der Waals surface area contributed by atoms with E-state index in [9.17, 15) is 9.59 Å². The molecular formula is C17H15N3O3. The summed E-state index contributed by atoms with van der Waals surface area (Å²) in [5, 5.41) is 14.0. The highest BCUT2D eigenvalue weighted by molar-refractivity contribution is 6.00. The third-order valence-electron chi connectivity index (χ3n) is 3.06. The van der Waals surface area contributed by atoms with Gasteiger partial charge in [0.2, 0.25) is 0 Å². The number of anilines is 2. The summed E-state index contributed by atoms with van der Waals surface area (Å²) in [5.74, 6) is -0.432. The van der Waals surface area contributed by atoms with Crippen molar-refractivity contribution >= 4 is 23.4 Å². The third kappa shape index (κ3) is 4.58. The standard InChI is InChI=1S/C17H15N3O3/c1-23-16(21)13-4-8-15(9-5-13)20-17(22)19-14-6-2-12(3-7-14)10-11-18/h2-9H,10H2,1H3,(H2,19,20,22). The average Bonchev–Trinajstić information content (AvgIpc) is 2.57. The van der Waals surface area contributed by atoms with Crippen molar-refractivity contribution in [1.82, 2.24) is 0 Å². The minimum absolute atomic E-state index is 0.332. The van der Waals surface area contributed by atoms with Crippen LogP contribution >= 0.6 is 0 Å². The SMILES string of the molecule is COC(=O)c1ccc(NC(=O)Nc2ccc(CC#N)cc2)cc1. The second-order valence-electron chi connectivity index (χ2n) is 4.68. The molecule has 0 heterocycles. The van der Waals surface area contributed by atoms with Crippen LogP contribution in [0.5, 0.6) is 0 Å². The van der Waals surface area contributed by atoms with Crippen LogP contribution in [0, 0.1) is 11.3 Å². The molecule has 2 N–H and O–H groups in total. The number of ether oxygens (including phenoxy) is 1. The molecule has 0 radical (unpaired) electrons. The molecule has 2 rings (SSSR count). The lowest BCUT2D eigenvalue weighted by Gasteiger charge is -2.08. The van der Waals surface area contributed by atoms with Crippen LogP contribution in [-0.2, 0) is 11.2 Å². The number of hydrogen-bond acceptors (Lipinski definition) is 4. The number of carbonyl (C=O) groups is 2. The van der Waals surface area contributed by atoms with Gasteiger partial charge in [0.25, 0.3) is 0 Å². The molecule has 0 aliphatic rings. The van der Waals surface area contributed by atoms with E-state index in [1.165, 1.54) is 7.11 Å². The highest BCUT2D eigenvalue weighted by atomic mass is 16.5. The zero-order valence-corrected chi connectivity index (χ0v) is 12.5. The molecule has 2 amide bonds. The molecule has 0 aliphatic carbocycles. The number of benzene rings is 2. The fraction of sp³-hybridized carbons (Fsp3) is 0.118. The van der Waals surface area contributed by atoms with Crippen LogP contribution in [0.2, 0.25) is 0 Å². The molecule has 23 heavy (non-hydrogen) atoms. The number of methoxy groups -OCH3 is 1. The number of esters is 1. The lowest BCUT2D eigenvalue weighted by molar-refractivity contribution is 0.0601. The lowest BCUT2D eigenvalue weighted by atomic mass is 10.1. The molecule has 6 heteroatoms. The largest absolute Gasteiger partial charge is 0.465 e. The van der Waals surface area contributed by atoms with Crippen molar-refractivity contribution in [3.63, 3.8) is 0 Å². The highest BCUT2D eigenvalue weighted by Crippen LogP contribution is 2.13. The van der Waals surface area contributed by atoms with Crippen molar-refractivity contribution < 1.29 is 14.3 Å². The quantitative estimate of drug-likeness (QED) is 0.848. The Labute approximate surface area is 133 Å². The third-order valence-corrected chi connectivity index (χ3v) is 3.06. The van der Waals surface area contributed by atoms with Crippen molar-refractivity contribution in [1.29, 1.82) is 5.26 Å². The number of urea groups is 1. The van der Waals surface area contributed by atoms with E-state index >= 15 is 0 Å². The van der Waals surface area contributed by atoms with Crippen molar-refractivity contribution in [2.24, 2.45) is 0 Å². The smallest absolute Gasteiger partial charge is 0.337 e. The summed E-state index contributed by atoms with van der Waals surface area (Å²) in [6, 6.07) is 15.0. The van der Waals surface area contributed by atoms with E-state index in [0.29, 0.717) is 23.4 Å². The number of nitrogens with one attached hydrogen (secondary N) is 2. The number of carbonyl (C=O) groups excluding carboxylic acids is 2. The highest BCUT2D eigenvalue weighted by Gasteiger charge is 2.06. The molecule has 0 aliphatic heterocycles. The predicted molar refractivity (Wildman–Crippen MR) is 86.2 cm³/mol. The van der Waals surface area contributed by atoms with Gasteiger partial charge in [0, 0.05) is 11.4 Å². The Balaban J connectivity index is 1.94. The Morgan fingerprint density at radius 1 is 1.00 bits per heavy atom. The summed E-state index contributed by atoms with van der Waals surface area (Å²) in [7, 11) is 1.31. The van der Waals surface area contributed by atoms with Crippen LogP contribution in [0.1, 0.15) is 15.9 Å². The molecule has 0 unspecified atom stereocenters. The molecule has 0 spiro atoms.